The lowest BCUT2D eigenvalue weighted by molar-refractivity contribution is 0.181. The van der Waals surface area contributed by atoms with Crippen LogP contribution in [0, 0.1) is 0 Å². The fourth-order valence-corrected chi connectivity index (χ4v) is 2.95. The topological polar surface area (TPSA) is 72.6 Å². The molecular weight excluding hydrogens is 264 g/mol. The second-order valence-corrected chi connectivity index (χ2v) is 6.27. The van der Waals surface area contributed by atoms with Crippen LogP contribution in [0.2, 0.25) is 0 Å². The smallest absolute Gasteiger partial charge is 0.241 e. The number of nitrogens with zero attached hydrogens (tertiary/aromatic N) is 1. The lowest BCUT2D eigenvalue weighted by atomic mass is 10.1. The third-order valence-electron chi connectivity index (χ3n) is 3.27. The molecule has 0 saturated carbocycles. The fourth-order valence-electron chi connectivity index (χ4n) is 2.27. The Balaban J connectivity index is 1.92. The summed E-state index contributed by atoms with van der Waals surface area (Å²) in [7, 11) is -3.73. The van der Waals surface area contributed by atoms with Crippen molar-refractivity contribution < 1.29 is 13.2 Å². The number of benzene rings is 1. The highest BCUT2D eigenvalue weighted by Crippen LogP contribution is 2.21. The molecule has 1 aromatic rings. The number of para-hydroxylation sites is 1. The molecule has 1 aromatic carbocycles. The van der Waals surface area contributed by atoms with E-state index < -0.39 is 10.0 Å². The zero-order chi connectivity index (χ0) is 13.7. The summed E-state index contributed by atoms with van der Waals surface area (Å²) >= 11 is 0. The first-order valence-electron chi connectivity index (χ1n) is 6.54. The largest absolute Gasteiger partial charge is 0.491 e. The third kappa shape index (κ3) is 4.19. The summed E-state index contributed by atoms with van der Waals surface area (Å²) in [4.78, 5) is 2.39. The molecule has 0 unspecified atom stereocenters. The van der Waals surface area contributed by atoms with Crippen molar-refractivity contribution in [2.45, 2.75) is 24.2 Å². The predicted molar refractivity (Wildman–Crippen MR) is 73.6 cm³/mol. The van der Waals surface area contributed by atoms with Crippen molar-refractivity contribution in [2.24, 2.45) is 5.14 Å². The van der Waals surface area contributed by atoms with Crippen LogP contribution in [0.3, 0.4) is 0 Å². The Morgan fingerprint density at radius 1 is 1.16 bits per heavy atom. The van der Waals surface area contributed by atoms with Crippen LogP contribution in [0.5, 0.6) is 5.75 Å². The molecule has 19 heavy (non-hydrogen) atoms. The van der Waals surface area contributed by atoms with Crippen LogP contribution < -0.4 is 9.88 Å². The molecule has 0 atom stereocenters. The average molecular weight is 284 g/mol. The van der Waals surface area contributed by atoms with Gasteiger partial charge in [0.15, 0.2) is 0 Å². The monoisotopic (exact) mass is 284 g/mol. The van der Waals surface area contributed by atoms with Gasteiger partial charge < -0.3 is 4.74 Å². The van der Waals surface area contributed by atoms with E-state index in [2.05, 4.69) is 4.90 Å². The summed E-state index contributed by atoms with van der Waals surface area (Å²) in [6.07, 6.45) is 3.76. The van der Waals surface area contributed by atoms with Gasteiger partial charge in [-0.3, -0.25) is 4.90 Å². The Hall–Kier alpha value is -1.11. The molecule has 0 spiro atoms. The van der Waals surface area contributed by atoms with E-state index in [9.17, 15) is 8.42 Å². The van der Waals surface area contributed by atoms with E-state index in [0.717, 1.165) is 19.6 Å². The van der Waals surface area contributed by atoms with Gasteiger partial charge in [-0.1, -0.05) is 18.6 Å². The van der Waals surface area contributed by atoms with Crippen LogP contribution in [-0.2, 0) is 10.0 Å². The molecule has 6 heteroatoms. The number of hydrogen-bond donors (Lipinski definition) is 1. The standard InChI is InChI=1S/C13H20N2O3S/c14-19(16,17)13-7-3-2-6-12(13)18-11-10-15-8-4-1-5-9-15/h2-3,6-7H,1,4-5,8-11H2,(H2,14,16,17). The van der Waals surface area contributed by atoms with E-state index in [1.54, 1.807) is 18.2 Å². The number of nitrogens with two attached hydrogens (primary N) is 1. The van der Waals surface area contributed by atoms with Crippen molar-refractivity contribution in [3.8, 4) is 5.75 Å². The highest BCUT2D eigenvalue weighted by molar-refractivity contribution is 7.89. The van der Waals surface area contributed by atoms with Crippen LogP contribution in [0.15, 0.2) is 29.2 Å². The van der Waals surface area contributed by atoms with Gasteiger partial charge in [0, 0.05) is 6.54 Å². The number of sulfonamides is 1. The van der Waals surface area contributed by atoms with Crippen molar-refractivity contribution in [3.05, 3.63) is 24.3 Å². The van der Waals surface area contributed by atoms with Crippen molar-refractivity contribution >= 4 is 10.0 Å². The minimum Gasteiger partial charge on any atom is -0.491 e. The molecular formula is C13H20N2O3S. The van der Waals surface area contributed by atoms with Gasteiger partial charge in [0.05, 0.1) is 0 Å². The maximum Gasteiger partial charge on any atom is 0.241 e. The first kappa shape index (κ1) is 14.3. The van der Waals surface area contributed by atoms with Crippen LogP contribution in [-0.4, -0.2) is 39.6 Å². The predicted octanol–water partition coefficient (Wildman–Crippen LogP) is 1.20. The maximum absolute atomic E-state index is 11.4. The van der Waals surface area contributed by atoms with E-state index in [1.165, 1.54) is 25.3 Å². The third-order valence-corrected chi connectivity index (χ3v) is 4.22. The minimum absolute atomic E-state index is 0.0497. The summed E-state index contributed by atoms with van der Waals surface area (Å²) in [6, 6.07) is 6.48. The zero-order valence-electron chi connectivity index (χ0n) is 10.9. The maximum atomic E-state index is 11.4. The Bertz CT molecular complexity index is 510. The molecule has 1 fully saturated rings. The van der Waals surface area contributed by atoms with Crippen molar-refractivity contribution in [3.63, 3.8) is 0 Å². The van der Waals surface area contributed by atoms with Crippen molar-refractivity contribution in [1.29, 1.82) is 0 Å². The van der Waals surface area contributed by atoms with E-state index in [1.807, 2.05) is 0 Å². The molecule has 2 N–H and O–H groups in total. The van der Waals surface area contributed by atoms with Gasteiger partial charge in [-0.15, -0.1) is 0 Å². The lowest BCUT2D eigenvalue weighted by Gasteiger charge is -2.26. The summed E-state index contributed by atoms with van der Waals surface area (Å²) in [5.74, 6) is 0.335. The number of rotatable bonds is 5. The average Bonchev–Trinajstić information content (AvgIpc) is 2.39. The van der Waals surface area contributed by atoms with E-state index >= 15 is 0 Å². The number of ether oxygens (including phenoxy) is 1. The molecule has 1 heterocycles. The highest BCUT2D eigenvalue weighted by atomic mass is 32.2. The second-order valence-electron chi connectivity index (χ2n) is 4.74. The fraction of sp³-hybridized carbons (Fsp3) is 0.538. The van der Waals surface area contributed by atoms with Gasteiger partial charge in [0.25, 0.3) is 0 Å². The van der Waals surface area contributed by atoms with Crippen LogP contribution >= 0.6 is 0 Å². The molecule has 0 amide bonds. The Morgan fingerprint density at radius 2 is 1.84 bits per heavy atom. The molecule has 1 saturated heterocycles. The Morgan fingerprint density at radius 3 is 2.53 bits per heavy atom. The molecule has 1 aliphatic rings. The van der Waals surface area contributed by atoms with Crippen LogP contribution in [0.25, 0.3) is 0 Å². The zero-order valence-corrected chi connectivity index (χ0v) is 11.7. The summed E-state index contributed by atoms with van der Waals surface area (Å²) < 4.78 is 28.4. The molecule has 106 valence electrons. The molecule has 0 aliphatic carbocycles. The summed E-state index contributed by atoms with van der Waals surface area (Å²) in [5.41, 5.74) is 0. The molecule has 1 aliphatic heterocycles. The molecule has 0 aromatic heterocycles. The van der Waals surface area contributed by atoms with E-state index in [-0.39, 0.29) is 4.90 Å². The Labute approximate surface area is 114 Å². The normalized spacial score (nSPS) is 17.3. The minimum atomic E-state index is -3.73. The van der Waals surface area contributed by atoms with Crippen LogP contribution in [0.1, 0.15) is 19.3 Å². The van der Waals surface area contributed by atoms with Crippen LogP contribution in [0.4, 0.5) is 0 Å². The summed E-state index contributed by atoms with van der Waals surface area (Å²) in [5, 5.41) is 5.15. The first-order chi connectivity index (χ1) is 9.07. The van der Waals surface area contributed by atoms with Gasteiger partial charge in [-0.25, -0.2) is 13.6 Å². The SMILES string of the molecule is NS(=O)(=O)c1ccccc1OCCN1CCCCC1. The molecule has 0 bridgehead atoms. The van der Waals surface area contributed by atoms with Gasteiger partial charge in [-0.2, -0.15) is 0 Å². The molecule has 2 rings (SSSR count). The number of hydrogen-bond acceptors (Lipinski definition) is 4. The van der Waals surface area contributed by atoms with Gasteiger partial charge >= 0.3 is 0 Å². The van der Waals surface area contributed by atoms with E-state index in [4.69, 9.17) is 9.88 Å². The van der Waals surface area contributed by atoms with Gasteiger partial charge in [-0.05, 0) is 38.1 Å². The van der Waals surface area contributed by atoms with Gasteiger partial charge in [0.1, 0.15) is 17.3 Å². The number of piperidine rings is 1. The molecule has 0 radical (unpaired) electrons. The second kappa shape index (κ2) is 6.36. The van der Waals surface area contributed by atoms with Crippen molar-refractivity contribution in [1.82, 2.24) is 4.90 Å². The lowest BCUT2D eigenvalue weighted by Crippen LogP contribution is -2.33. The van der Waals surface area contributed by atoms with Crippen molar-refractivity contribution in [2.75, 3.05) is 26.2 Å². The highest BCUT2D eigenvalue weighted by Gasteiger charge is 2.15. The van der Waals surface area contributed by atoms with E-state index in [0.29, 0.717) is 12.4 Å². The number of likely N-dealkylation sites (tertiary alicyclic amines) is 1. The number of primary sulfonamides is 1. The summed E-state index contributed by atoms with van der Waals surface area (Å²) in [6.45, 7) is 3.49. The first-order valence-corrected chi connectivity index (χ1v) is 8.09. The van der Waals surface area contributed by atoms with Gasteiger partial charge in [0.2, 0.25) is 10.0 Å². The quantitative estimate of drug-likeness (QED) is 0.882. The molecule has 5 nitrogen and oxygen atoms in total. The Kier molecular flexibility index (Phi) is 4.79.